The fourth-order valence-corrected chi connectivity index (χ4v) is 3.88. The molecule has 0 bridgehead atoms. The van der Waals surface area contributed by atoms with Crippen molar-refractivity contribution >= 4 is 39.5 Å². The first-order valence-corrected chi connectivity index (χ1v) is 8.63. The van der Waals surface area contributed by atoms with Gasteiger partial charge in [0.1, 0.15) is 33.9 Å². The largest absolute Gasteiger partial charge is 0.496 e. The number of halogens is 1. The number of hydrogen-bond donors (Lipinski definition) is 1. The molecule has 0 spiro atoms. The van der Waals surface area contributed by atoms with Gasteiger partial charge in [-0.2, -0.15) is 5.26 Å². The van der Waals surface area contributed by atoms with E-state index in [2.05, 4.69) is 16.0 Å². The molecule has 3 heterocycles. The number of imidazole rings is 1. The van der Waals surface area contributed by atoms with E-state index in [1.807, 2.05) is 37.6 Å². The number of methoxy groups -OCH3 is 1. The van der Waals surface area contributed by atoms with E-state index in [4.69, 9.17) is 22.1 Å². The van der Waals surface area contributed by atoms with E-state index >= 15 is 0 Å². The first-order valence-electron chi connectivity index (χ1n) is 8.25. The summed E-state index contributed by atoms with van der Waals surface area (Å²) in [6.45, 7) is 3.94. The molecule has 0 fully saturated rings. The fourth-order valence-electron chi connectivity index (χ4n) is 3.61. The molecular formula is C19H17ClN6O. The van der Waals surface area contributed by atoms with Gasteiger partial charge >= 0.3 is 0 Å². The molecule has 0 saturated carbocycles. The van der Waals surface area contributed by atoms with Crippen LogP contribution < -0.4 is 10.5 Å². The maximum atomic E-state index is 9.74. The van der Waals surface area contributed by atoms with E-state index in [-0.39, 0.29) is 10.7 Å². The third-order valence-electron chi connectivity index (χ3n) is 4.89. The number of rotatable bonds is 2. The lowest BCUT2D eigenvalue weighted by Gasteiger charge is -2.17. The average Bonchev–Trinajstić information content (AvgIpc) is 3.14. The summed E-state index contributed by atoms with van der Waals surface area (Å²) in [4.78, 5) is 8.91. The molecule has 0 amide bonds. The SMILES string of the molecule is COc1ccc(C)c(-n2c(N)c(C#N)c3c(Cl)nc4c(ncn4C)c32)c1C. The standard InChI is InChI=1S/C19H17ClN6O/c1-9-5-6-12(27-4)10(2)15(9)26-16-13(11(7-21)18(26)22)17(20)24-19-14(16)23-8-25(19)3/h5-6,8H,22H2,1-4H3. The van der Waals surface area contributed by atoms with Crippen LogP contribution in [0.25, 0.3) is 27.8 Å². The Morgan fingerprint density at radius 3 is 2.70 bits per heavy atom. The molecule has 0 radical (unpaired) electrons. The van der Waals surface area contributed by atoms with Gasteiger partial charge < -0.3 is 15.0 Å². The smallest absolute Gasteiger partial charge is 0.163 e. The molecule has 2 N–H and O–H groups in total. The zero-order chi connectivity index (χ0) is 19.5. The first-order chi connectivity index (χ1) is 12.9. The van der Waals surface area contributed by atoms with Gasteiger partial charge in [-0.1, -0.05) is 17.7 Å². The number of hydrogen-bond acceptors (Lipinski definition) is 5. The summed E-state index contributed by atoms with van der Waals surface area (Å²) in [5.74, 6) is 1.03. The van der Waals surface area contributed by atoms with E-state index in [0.29, 0.717) is 27.9 Å². The van der Waals surface area contributed by atoms with Crippen molar-refractivity contribution in [3.8, 4) is 17.5 Å². The van der Waals surface area contributed by atoms with Gasteiger partial charge in [-0.3, -0.25) is 4.57 Å². The molecular weight excluding hydrogens is 364 g/mol. The second-order valence-corrected chi connectivity index (χ2v) is 6.78. The molecule has 7 nitrogen and oxygen atoms in total. The molecule has 0 saturated heterocycles. The van der Waals surface area contributed by atoms with Crippen molar-refractivity contribution in [3.05, 3.63) is 40.3 Å². The van der Waals surface area contributed by atoms with Crippen LogP contribution in [0.4, 0.5) is 5.82 Å². The lowest BCUT2D eigenvalue weighted by Crippen LogP contribution is -2.06. The number of nitrogen functional groups attached to an aromatic ring is 1. The molecule has 0 aliphatic carbocycles. The highest BCUT2D eigenvalue weighted by Gasteiger charge is 2.26. The van der Waals surface area contributed by atoms with Crippen molar-refractivity contribution in [1.82, 2.24) is 19.1 Å². The summed E-state index contributed by atoms with van der Waals surface area (Å²) in [7, 11) is 3.46. The maximum Gasteiger partial charge on any atom is 0.163 e. The summed E-state index contributed by atoms with van der Waals surface area (Å²) in [5.41, 5.74) is 11.4. The number of fused-ring (bicyclic) bond motifs is 3. The van der Waals surface area contributed by atoms with Crippen LogP contribution in [0.15, 0.2) is 18.5 Å². The highest BCUT2D eigenvalue weighted by Crippen LogP contribution is 2.40. The summed E-state index contributed by atoms with van der Waals surface area (Å²) in [6, 6.07) is 6.04. The lowest BCUT2D eigenvalue weighted by atomic mass is 10.1. The quantitative estimate of drug-likeness (QED) is 0.535. The van der Waals surface area contributed by atoms with Crippen LogP contribution in [0.2, 0.25) is 5.15 Å². The van der Waals surface area contributed by atoms with Gasteiger partial charge in [-0.25, -0.2) is 9.97 Å². The number of pyridine rings is 1. The Kier molecular flexibility index (Phi) is 3.75. The van der Waals surface area contributed by atoms with Crippen LogP contribution in [0.1, 0.15) is 16.7 Å². The van der Waals surface area contributed by atoms with E-state index in [1.54, 1.807) is 18.0 Å². The number of benzene rings is 1. The molecule has 4 aromatic rings. The number of aryl methyl sites for hydroxylation is 2. The first kappa shape index (κ1) is 17.2. The van der Waals surface area contributed by atoms with Gasteiger partial charge in [0.15, 0.2) is 5.65 Å². The molecule has 0 atom stereocenters. The van der Waals surface area contributed by atoms with E-state index in [0.717, 1.165) is 22.6 Å². The third-order valence-corrected chi connectivity index (χ3v) is 5.16. The number of aromatic nitrogens is 4. The molecule has 27 heavy (non-hydrogen) atoms. The van der Waals surface area contributed by atoms with Crippen LogP contribution in [0.5, 0.6) is 5.75 Å². The monoisotopic (exact) mass is 380 g/mol. The Bertz CT molecular complexity index is 1280. The van der Waals surface area contributed by atoms with E-state index < -0.39 is 0 Å². The maximum absolute atomic E-state index is 9.74. The van der Waals surface area contributed by atoms with Crippen LogP contribution in [0.3, 0.4) is 0 Å². The molecule has 8 heteroatoms. The molecule has 136 valence electrons. The van der Waals surface area contributed by atoms with Gasteiger partial charge in [-0.15, -0.1) is 0 Å². The zero-order valence-corrected chi connectivity index (χ0v) is 16.1. The Morgan fingerprint density at radius 2 is 2.04 bits per heavy atom. The van der Waals surface area contributed by atoms with Gasteiger partial charge in [0.05, 0.1) is 30.0 Å². The highest BCUT2D eigenvalue weighted by molar-refractivity contribution is 6.36. The van der Waals surface area contributed by atoms with Crippen molar-refractivity contribution in [2.75, 3.05) is 12.8 Å². The summed E-state index contributed by atoms with van der Waals surface area (Å²) in [6.07, 6.45) is 1.66. The summed E-state index contributed by atoms with van der Waals surface area (Å²) >= 11 is 6.46. The number of nitrogens with zero attached hydrogens (tertiary/aromatic N) is 5. The van der Waals surface area contributed by atoms with Crippen molar-refractivity contribution in [3.63, 3.8) is 0 Å². The van der Waals surface area contributed by atoms with Crippen LogP contribution in [0, 0.1) is 25.2 Å². The number of nitrogens with two attached hydrogens (primary N) is 1. The number of anilines is 1. The molecule has 4 rings (SSSR count). The number of nitriles is 1. The minimum absolute atomic E-state index is 0.223. The lowest BCUT2D eigenvalue weighted by molar-refractivity contribution is 0.411. The number of ether oxygens (including phenoxy) is 1. The van der Waals surface area contributed by atoms with Crippen molar-refractivity contribution in [2.24, 2.45) is 7.05 Å². The topological polar surface area (TPSA) is 94.7 Å². The Hall–Kier alpha value is -3.24. The Morgan fingerprint density at radius 1 is 1.30 bits per heavy atom. The molecule has 3 aromatic heterocycles. The van der Waals surface area contributed by atoms with E-state index in [9.17, 15) is 5.26 Å². The van der Waals surface area contributed by atoms with Crippen LogP contribution in [-0.2, 0) is 7.05 Å². The van der Waals surface area contributed by atoms with Crippen LogP contribution >= 0.6 is 11.6 Å². The van der Waals surface area contributed by atoms with Crippen molar-refractivity contribution in [1.29, 1.82) is 5.26 Å². The second-order valence-electron chi connectivity index (χ2n) is 6.42. The van der Waals surface area contributed by atoms with Crippen molar-refractivity contribution < 1.29 is 4.74 Å². The average molecular weight is 381 g/mol. The summed E-state index contributed by atoms with van der Waals surface area (Å²) < 4.78 is 9.11. The van der Waals surface area contributed by atoms with Crippen molar-refractivity contribution in [2.45, 2.75) is 13.8 Å². The Balaban J connectivity index is 2.31. The second kappa shape index (κ2) is 5.89. The predicted molar refractivity (Wildman–Crippen MR) is 106 cm³/mol. The predicted octanol–water partition coefficient (Wildman–Crippen LogP) is 3.64. The van der Waals surface area contributed by atoms with Gasteiger partial charge in [-0.05, 0) is 25.5 Å². The highest BCUT2D eigenvalue weighted by atomic mass is 35.5. The van der Waals surface area contributed by atoms with E-state index in [1.165, 1.54) is 0 Å². The molecule has 0 aliphatic rings. The normalized spacial score (nSPS) is 11.3. The zero-order valence-electron chi connectivity index (χ0n) is 15.3. The van der Waals surface area contributed by atoms with Crippen LogP contribution in [-0.4, -0.2) is 26.2 Å². The van der Waals surface area contributed by atoms with Gasteiger partial charge in [0.25, 0.3) is 0 Å². The Labute approximate surface area is 160 Å². The fraction of sp³-hybridized carbons (Fsp3) is 0.211. The molecule has 0 unspecified atom stereocenters. The van der Waals surface area contributed by atoms with Gasteiger partial charge in [0.2, 0.25) is 0 Å². The van der Waals surface area contributed by atoms with Gasteiger partial charge in [0, 0.05) is 12.6 Å². The minimum Gasteiger partial charge on any atom is -0.496 e. The third kappa shape index (κ3) is 2.20. The summed E-state index contributed by atoms with van der Waals surface area (Å²) in [5, 5.41) is 10.5. The minimum atomic E-state index is 0.223. The molecule has 0 aliphatic heterocycles. The molecule has 1 aromatic carbocycles.